The Balaban J connectivity index is 2.79. The fourth-order valence-electron chi connectivity index (χ4n) is 1.40. The molecule has 1 aromatic heterocycles. The first kappa shape index (κ1) is 12.8. The molecule has 0 saturated carbocycles. The molecular weight excluding hydrogens is 228 g/mol. The van der Waals surface area contributed by atoms with Gasteiger partial charge in [-0.2, -0.15) is 0 Å². The molecule has 1 heterocycles. The molecule has 0 aromatic carbocycles. The van der Waals surface area contributed by atoms with Crippen LogP contribution in [0.3, 0.4) is 0 Å². The van der Waals surface area contributed by atoms with E-state index in [1.807, 2.05) is 6.92 Å². The van der Waals surface area contributed by atoms with Crippen molar-refractivity contribution < 1.29 is 9.90 Å². The second kappa shape index (κ2) is 5.70. The fraction of sp³-hybridized carbons (Fsp3) is 0.455. The van der Waals surface area contributed by atoms with E-state index >= 15 is 0 Å². The van der Waals surface area contributed by atoms with Gasteiger partial charge in [0.05, 0.1) is 10.6 Å². The van der Waals surface area contributed by atoms with Crippen molar-refractivity contribution in [2.24, 2.45) is 0 Å². The zero-order valence-corrected chi connectivity index (χ0v) is 10.1. The Morgan fingerprint density at radius 3 is 2.88 bits per heavy atom. The highest BCUT2D eigenvalue weighted by molar-refractivity contribution is 6.33. The average Bonchev–Trinajstić information content (AvgIpc) is 2.21. The van der Waals surface area contributed by atoms with E-state index < -0.39 is 5.97 Å². The van der Waals surface area contributed by atoms with Crippen LogP contribution in [-0.2, 0) is 0 Å². The summed E-state index contributed by atoms with van der Waals surface area (Å²) in [4.78, 5) is 14.7. The van der Waals surface area contributed by atoms with Crippen molar-refractivity contribution in [1.82, 2.24) is 4.98 Å². The molecule has 0 fully saturated rings. The number of halogens is 1. The van der Waals surface area contributed by atoms with Gasteiger partial charge in [0, 0.05) is 12.2 Å². The standard InChI is InChI=1S/C11H15ClN2O2/c1-3-4-7(2)14-10-9(12)5-8(6-13-10)11(15)16/h5-7H,3-4H2,1-2H3,(H,13,14)(H,15,16). The molecule has 1 atom stereocenters. The highest BCUT2D eigenvalue weighted by Crippen LogP contribution is 2.21. The van der Waals surface area contributed by atoms with E-state index in [0.717, 1.165) is 12.8 Å². The van der Waals surface area contributed by atoms with Crippen molar-refractivity contribution in [3.8, 4) is 0 Å². The molecule has 0 radical (unpaired) electrons. The van der Waals surface area contributed by atoms with Crippen LogP contribution in [0.5, 0.6) is 0 Å². The number of rotatable bonds is 5. The maximum atomic E-state index is 10.7. The van der Waals surface area contributed by atoms with E-state index in [2.05, 4.69) is 17.2 Å². The number of aromatic carboxylic acids is 1. The summed E-state index contributed by atoms with van der Waals surface area (Å²) in [5, 5.41) is 12.2. The van der Waals surface area contributed by atoms with Gasteiger partial charge in [0.2, 0.25) is 0 Å². The number of hydrogen-bond donors (Lipinski definition) is 2. The predicted molar refractivity (Wildman–Crippen MR) is 64.2 cm³/mol. The first-order chi connectivity index (χ1) is 7.54. The summed E-state index contributed by atoms with van der Waals surface area (Å²) in [5.74, 6) is -0.491. The van der Waals surface area contributed by atoms with Crippen molar-refractivity contribution >= 4 is 23.4 Å². The number of carboxylic acid groups (broad SMARTS) is 1. The van der Waals surface area contributed by atoms with E-state index in [4.69, 9.17) is 16.7 Å². The summed E-state index contributed by atoms with van der Waals surface area (Å²) in [5.41, 5.74) is 0.0960. The van der Waals surface area contributed by atoms with Crippen molar-refractivity contribution in [2.75, 3.05) is 5.32 Å². The lowest BCUT2D eigenvalue weighted by Gasteiger charge is -2.14. The highest BCUT2D eigenvalue weighted by Gasteiger charge is 2.10. The van der Waals surface area contributed by atoms with Crippen LogP contribution in [0.15, 0.2) is 12.3 Å². The van der Waals surface area contributed by atoms with Crippen LogP contribution in [0.1, 0.15) is 37.0 Å². The Labute approximate surface area is 99.6 Å². The SMILES string of the molecule is CCCC(C)Nc1ncc(C(=O)O)cc1Cl. The minimum atomic E-state index is -1.03. The van der Waals surface area contributed by atoms with Crippen LogP contribution in [0.4, 0.5) is 5.82 Å². The second-order valence-electron chi connectivity index (χ2n) is 3.69. The van der Waals surface area contributed by atoms with Gasteiger partial charge in [-0.25, -0.2) is 9.78 Å². The first-order valence-corrected chi connectivity index (χ1v) is 5.57. The van der Waals surface area contributed by atoms with Gasteiger partial charge >= 0.3 is 5.97 Å². The lowest BCUT2D eigenvalue weighted by molar-refractivity contribution is 0.0696. The lowest BCUT2D eigenvalue weighted by Crippen LogP contribution is -2.16. The molecule has 0 saturated heterocycles. The van der Waals surface area contributed by atoms with Gasteiger partial charge in [0.25, 0.3) is 0 Å². The molecule has 88 valence electrons. The maximum absolute atomic E-state index is 10.7. The van der Waals surface area contributed by atoms with Crippen molar-refractivity contribution in [3.05, 3.63) is 22.8 Å². The molecule has 1 aromatic rings. The molecule has 0 aliphatic rings. The van der Waals surface area contributed by atoms with Gasteiger partial charge in [-0.3, -0.25) is 0 Å². The number of hydrogen-bond acceptors (Lipinski definition) is 3. The predicted octanol–water partition coefficient (Wildman–Crippen LogP) is 3.03. The molecule has 16 heavy (non-hydrogen) atoms. The molecule has 4 nitrogen and oxygen atoms in total. The molecule has 0 spiro atoms. The minimum Gasteiger partial charge on any atom is -0.478 e. The number of carboxylic acids is 1. The molecule has 1 unspecified atom stereocenters. The Hall–Kier alpha value is -1.29. The number of nitrogens with one attached hydrogen (secondary N) is 1. The molecule has 1 rings (SSSR count). The molecule has 0 aliphatic carbocycles. The Morgan fingerprint density at radius 1 is 1.69 bits per heavy atom. The van der Waals surface area contributed by atoms with E-state index in [9.17, 15) is 4.79 Å². The van der Waals surface area contributed by atoms with Gasteiger partial charge in [-0.15, -0.1) is 0 Å². The summed E-state index contributed by atoms with van der Waals surface area (Å²) in [7, 11) is 0. The fourth-order valence-corrected chi connectivity index (χ4v) is 1.62. The quantitative estimate of drug-likeness (QED) is 0.833. The van der Waals surface area contributed by atoms with Gasteiger partial charge < -0.3 is 10.4 Å². The van der Waals surface area contributed by atoms with Gasteiger partial charge in [-0.05, 0) is 19.4 Å². The number of aromatic nitrogens is 1. The van der Waals surface area contributed by atoms with Crippen LogP contribution >= 0.6 is 11.6 Å². The minimum absolute atomic E-state index is 0.0960. The van der Waals surface area contributed by atoms with E-state index in [0.29, 0.717) is 10.8 Å². The number of nitrogens with zero attached hydrogens (tertiary/aromatic N) is 1. The van der Waals surface area contributed by atoms with Crippen LogP contribution in [0, 0.1) is 0 Å². The van der Waals surface area contributed by atoms with Crippen molar-refractivity contribution in [2.45, 2.75) is 32.7 Å². The van der Waals surface area contributed by atoms with Crippen LogP contribution in [0.25, 0.3) is 0 Å². The molecule has 0 aliphatic heterocycles. The summed E-state index contributed by atoms with van der Waals surface area (Å²) in [6.45, 7) is 4.13. The first-order valence-electron chi connectivity index (χ1n) is 5.20. The number of carbonyl (C=O) groups is 1. The third kappa shape index (κ3) is 3.38. The van der Waals surface area contributed by atoms with Crippen LogP contribution in [-0.4, -0.2) is 22.1 Å². The molecule has 5 heteroatoms. The summed E-state index contributed by atoms with van der Waals surface area (Å²) in [6.07, 6.45) is 3.38. The van der Waals surface area contributed by atoms with Gasteiger partial charge in [0.1, 0.15) is 5.82 Å². The number of anilines is 1. The zero-order chi connectivity index (χ0) is 12.1. The smallest absolute Gasteiger partial charge is 0.337 e. The third-order valence-electron chi connectivity index (χ3n) is 2.19. The largest absolute Gasteiger partial charge is 0.478 e. The van der Waals surface area contributed by atoms with E-state index in [-0.39, 0.29) is 11.6 Å². The van der Waals surface area contributed by atoms with Crippen LogP contribution in [0.2, 0.25) is 5.02 Å². The molecule has 0 bridgehead atoms. The van der Waals surface area contributed by atoms with Crippen molar-refractivity contribution in [1.29, 1.82) is 0 Å². The highest BCUT2D eigenvalue weighted by atomic mass is 35.5. The summed E-state index contributed by atoms with van der Waals surface area (Å²) < 4.78 is 0. The van der Waals surface area contributed by atoms with E-state index in [1.54, 1.807) is 0 Å². The molecule has 2 N–H and O–H groups in total. The lowest BCUT2D eigenvalue weighted by atomic mass is 10.2. The Bertz CT molecular complexity index is 382. The summed E-state index contributed by atoms with van der Waals surface area (Å²) >= 11 is 5.93. The normalized spacial score (nSPS) is 12.2. The third-order valence-corrected chi connectivity index (χ3v) is 2.48. The Kier molecular flexibility index (Phi) is 4.55. The van der Waals surface area contributed by atoms with Crippen molar-refractivity contribution in [3.63, 3.8) is 0 Å². The zero-order valence-electron chi connectivity index (χ0n) is 9.33. The Morgan fingerprint density at radius 2 is 2.38 bits per heavy atom. The number of pyridine rings is 1. The maximum Gasteiger partial charge on any atom is 0.337 e. The molecular formula is C11H15ClN2O2. The van der Waals surface area contributed by atoms with Crippen LogP contribution < -0.4 is 5.32 Å². The second-order valence-corrected chi connectivity index (χ2v) is 4.10. The monoisotopic (exact) mass is 242 g/mol. The molecule has 0 amide bonds. The van der Waals surface area contributed by atoms with E-state index in [1.165, 1.54) is 12.3 Å². The summed E-state index contributed by atoms with van der Waals surface area (Å²) in [6, 6.07) is 1.67. The van der Waals surface area contributed by atoms with Gasteiger partial charge in [-0.1, -0.05) is 24.9 Å². The van der Waals surface area contributed by atoms with Gasteiger partial charge in [0.15, 0.2) is 0 Å². The topological polar surface area (TPSA) is 62.2 Å². The average molecular weight is 243 g/mol.